The normalized spacial score (nSPS) is 19.8. The van der Waals surface area contributed by atoms with E-state index in [1.165, 1.54) is 26.3 Å². The summed E-state index contributed by atoms with van der Waals surface area (Å²) in [5, 5.41) is 10.5. The molecule has 6 nitrogen and oxygen atoms in total. The number of rotatable bonds is 3. The lowest BCUT2D eigenvalue weighted by molar-refractivity contribution is 0.396. The summed E-state index contributed by atoms with van der Waals surface area (Å²) < 4.78 is 16.9. The zero-order chi connectivity index (χ0) is 21.3. The molecule has 2 aromatic heterocycles. The Balaban J connectivity index is 1.77. The van der Waals surface area contributed by atoms with Crippen molar-refractivity contribution in [1.29, 1.82) is 0 Å². The van der Waals surface area contributed by atoms with E-state index < -0.39 is 22.8 Å². The molecule has 158 valence electrons. The van der Waals surface area contributed by atoms with Crippen LogP contribution in [0.25, 0.3) is 21.3 Å². The largest absolute Gasteiger partial charge is 0.504 e. The molecule has 30 heavy (non-hydrogen) atoms. The van der Waals surface area contributed by atoms with Crippen LogP contribution in [-0.4, -0.2) is 20.7 Å². The molecule has 1 fully saturated rings. The second-order valence-corrected chi connectivity index (χ2v) is 9.80. The second kappa shape index (κ2) is 6.78. The van der Waals surface area contributed by atoms with Gasteiger partial charge in [-0.15, -0.1) is 11.3 Å². The molecule has 2 heterocycles. The lowest BCUT2D eigenvalue weighted by Crippen LogP contribution is -2.30. The van der Waals surface area contributed by atoms with E-state index in [1.54, 1.807) is 6.92 Å². The minimum atomic E-state index is -0.811. The van der Waals surface area contributed by atoms with Gasteiger partial charge in [0, 0.05) is 27.4 Å². The topological polar surface area (TPSA) is 101 Å². The highest BCUT2D eigenvalue weighted by Gasteiger charge is 2.32. The Morgan fingerprint density at radius 2 is 2.07 bits per heavy atom. The zero-order valence-electron chi connectivity index (χ0n) is 16.9. The number of fused-ring (bicyclic) bond motifs is 2. The fraction of sp³-hybridized carbons (Fsp3) is 0.455. The number of halogens is 1. The van der Waals surface area contributed by atoms with E-state index in [2.05, 4.69) is 4.98 Å². The summed E-state index contributed by atoms with van der Waals surface area (Å²) in [5.41, 5.74) is 7.12. The van der Waals surface area contributed by atoms with E-state index in [-0.39, 0.29) is 23.0 Å². The summed E-state index contributed by atoms with van der Waals surface area (Å²) in [6.45, 7) is 3.74. The third-order valence-corrected chi connectivity index (χ3v) is 7.82. The number of H-pyrrole nitrogens is 1. The summed E-state index contributed by atoms with van der Waals surface area (Å²) in [5.74, 6) is -1.11. The van der Waals surface area contributed by atoms with Crippen molar-refractivity contribution in [1.82, 2.24) is 9.55 Å². The van der Waals surface area contributed by atoms with Crippen LogP contribution in [0.4, 0.5) is 4.39 Å². The number of aromatic amines is 1. The number of benzene rings is 1. The van der Waals surface area contributed by atoms with Crippen LogP contribution >= 0.6 is 11.3 Å². The lowest BCUT2D eigenvalue weighted by Gasteiger charge is -2.24. The quantitative estimate of drug-likeness (QED) is 0.594. The van der Waals surface area contributed by atoms with Gasteiger partial charge in [0.1, 0.15) is 5.39 Å². The summed E-state index contributed by atoms with van der Waals surface area (Å²) in [6.07, 6.45) is 4.40. The Labute approximate surface area is 176 Å². The van der Waals surface area contributed by atoms with E-state index >= 15 is 4.39 Å². The van der Waals surface area contributed by atoms with E-state index in [0.717, 1.165) is 32.1 Å². The lowest BCUT2D eigenvalue weighted by atomic mass is 9.84. The van der Waals surface area contributed by atoms with E-state index in [4.69, 9.17) is 5.73 Å². The van der Waals surface area contributed by atoms with Gasteiger partial charge in [-0.3, -0.25) is 14.3 Å². The maximum absolute atomic E-state index is 15.4. The van der Waals surface area contributed by atoms with Crippen molar-refractivity contribution in [3.05, 3.63) is 48.7 Å². The van der Waals surface area contributed by atoms with Gasteiger partial charge in [0.05, 0.1) is 5.52 Å². The predicted molar refractivity (Wildman–Crippen MR) is 116 cm³/mol. The third kappa shape index (κ3) is 2.85. The molecule has 0 saturated heterocycles. The predicted octanol–water partition coefficient (Wildman–Crippen LogP) is 3.36. The molecule has 2 atom stereocenters. The first-order chi connectivity index (χ1) is 14.3. The molecule has 0 aliphatic heterocycles. The van der Waals surface area contributed by atoms with Gasteiger partial charge in [-0.25, -0.2) is 9.18 Å². The number of aromatic nitrogens is 2. The fourth-order valence-electron chi connectivity index (χ4n) is 4.75. The number of hydrogen-bond acceptors (Lipinski definition) is 5. The number of aryl methyl sites for hydroxylation is 2. The molecule has 0 bridgehead atoms. The van der Waals surface area contributed by atoms with Crippen molar-refractivity contribution >= 4 is 22.2 Å². The van der Waals surface area contributed by atoms with Crippen LogP contribution in [0.5, 0.6) is 5.75 Å². The summed E-state index contributed by atoms with van der Waals surface area (Å²) >= 11 is 1.52. The molecule has 2 aliphatic carbocycles. The van der Waals surface area contributed by atoms with Gasteiger partial charge < -0.3 is 10.8 Å². The zero-order valence-corrected chi connectivity index (χ0v) is 17.7. The minimum Gasteiger partial charge on any atom is -0.504 e. The molecule has 8 heteroatoms. The molecule has 1 saturated carbocycles. The van der Waals surface area contributed by atoms with Crippen molar-refractivity contribution in [3.8, 4) is 16.2 Å². The molecule has 2 aliphatic rings. The highest BCUT2D eigenvalue weighted by atomic mass is 32.1. The van der Waals surface area contributed by atoms with Crippen LogP contribution < -0.4 is 17.0 Å². The number of nitrogens with one attached hydrogen (secondary N) is 1. The number of nitrogens with zero attached hydrogens (tertiary/aromatic N) is 1. The van der Waals surface area contributed by atoms with Crippen molar-refractivity contribution in [2.24, 2.45) is 11.7 Å². The molecule has 0 radical (unpaired) electrons. The van der Waals surface area contributed by atoms with E-state index in [1.807, 2.05) is 13.0 Å². The van der Waals surface area contributed by atoms with Gasteiger partial charge in [-0.1, -0.05) is 0 Å². The molecule has 2 unspecified atom stereocenters. The van der Waals surface area contributed by atoms with Gasteiger partial charge in [-0.05, 0) is 69.1 Å². The van der Waals surface area contributed by atoms with E-state index in [9.17, 15) is 14.7 Å². The van der Waals surface area contributed by atoms with Crippen LogP contribution in [0.2, 0.25) is 0 Å². The molecule has 5 rings (SSSR count). The highest BCUT2D eigenvalue weighted by molar-refractivity contribution is 7.15. The minimum absolute atomic E-state index is 0.0309. The Hall–Kier alpha value is -2.45. The number of hydrogen-bond donors (Lipinski definition) is 3. The van der Waals surface area contributed by atoms with Gasteiger partial charge in [-0.2, -0.15) is 0 Å². The first kappa shape index (κ1) is 19.5. The average Bonchev–Trinajstić information content (AvgIpc) is 3.43. The van der Waals surface area contributed by atoms with Crippen molar-refractivity contribution < 1.29 is 9.50 Å². The molecule has 0 spiro atoms. The van der Waals surface area contributed by atoms with Crippen LogP contribution in [0, 0.1) is 18.7 Å². The maximum Gasteiger partial charge on any atom is 0.329 e. The van der Waals surface area contributed by atoms with Crippen molar-refractivity contribution in [3.63, 3.8) is 0 Å². The Morgan fingerprint density at radius 1 is 1.33 bits per heavy atom. The van der Waals surface area contributed by atoms with Crippen LogP contribution in [-0.2, 0) is 12.8 Å². The fourth-order valence-corrected chi connectivity index (χ4v) is 6.05. The smallest absolute Gasteiger partial charge is 0.329 e. The van der Waals surface area contributed by atoms with Gasteiger partial charge in [0.2, 0.25) is 0 Å². The number of aromatic hydroxyl groups is 1. The second-order valence-electron chi connectivity index (χ2n) is 8.67. The Bertz CT molecular complexity index is 1300. The number of phenolic OH excluding ortho intramolecular Hbond substituents is 1. The monoisotopic (exact) mass is 429 g/mol. The molecular weight excluding hydrogens is 405 g/mol. The Kier molecular flexibility index (Phi) is 4.41. The molecule has 1 aromatic carbocycles. The SMILES string of the molecule is Cc1c(-c2cc3c(s2)CCC(C(C)N)C3)c(F)c(O)c2c(=O)[nH]c(=O)n(C3CC3)c12. The number of nitrogens with two attached hydrogens (primary N) is 1. The van der Waals surface area contributed by atoms with Crippen molar-refractivity contribution in [2.45, 2.75) is 58.0 Å². The molecular formula is C22H24FN3O3S. The summed E-state index contributed by atoms with van der Waals surface area (Å²) in [6, 6.07) is 2.05. The summed E-state index contributed by atoms with van der Waals surface area (Å²) in [7, 11) is 0. The first-order valence-corrected chi connectivity index (χ1v) is 11.2. The average molecular weight is 430 g/mol. The first-order valence-electron chi connectivity index (χ1n) is 10.3. The van der Waals surface area contributed by atoms with Crippen molar-refractivity contribution in [2.75, 3.05) is 0 Å². The van der Waals surface area contributed by atoms with Gasteiger partial charge >= 0.3 is 5.69 Å². The van der Waals surface area contributed by atoms with Gasteiger partial charge in [0.25, 0.3) is 5.56 Å². The highest BCUT2D eigenvalue weighted by Crippen LogP contribution is 2.45. The summed E-state index contributed by atoms with van der Waals surface area (Å²) in [4.78, 5) is 29.1. The van der Waals surface area contributed by atoms with Crippen LogP contribution in [0.3, 0.4) is 0 Å². The molecule has 3 aromatic rings. The molecule has 0 amide bonds. The standard InChI is InChI=1S/C22H24FN3O3S/c1-9-16(15-8-12-7-11(10(2)24)3-6-14(12)30-15)18(23)20(27)17-19(9)26(13-4-5-13)22(29)25-21(17)28/h8,10-11,13,27H,3-7,24H2,1-2H3,(H,25,28,29). The molecule has 4 N–H and O–H groups in total. The van der Waals surface area contributed by atoms with Crippen LogP contribution in [0.1, 0.15) is 48.2 Å². The third-order valence-electron chi connectivity index (χ3n) is 6.56. The maximum atomic E-state index is 15.4. The number of thiophene rings is 1. The Morgan fingerprint density at radius 3 is 2.73 bits per heavy atom. The van der Waals surface area contributed by atoms with Crippen LogP contribution in [0.15, 0.2) is 15.7 Å². The number of phenols is 1. The van der Waals surface area contributed by atoms with Gasteiger partial charge in [0.15, 0.2) is 11.6 Å². The van der Waals surface area contributed by atoms with E-state index in [0.29, 0.717) is 21.9 Å².